The number of nitro benzene ring substituents is 1. The highest BCUT2D eigenvalue weighted by molar-refractivity contribution is 5.84. The summed E-state index contributed by atoms with van der Waals surface area (Å²) >= 11 is 0. The predicted octanol–water partition coefficient (Wildman–Crippen LogP) is 4.03. The second-order valence-corrected chi connectivity index (χ2v) is 5.45. The van der Waals surface area contributed by atoms with E-state index in [0.717, 1.165) is 16.3 Å². The van der Waals surface area contributed by atoms with E-state index in [2.05, 4.69) is 0 Å². The minimum absolute atomic E-state index is 0.0157. The second-order valence-electron chi connectivity index (χ2n) is 5.45. The lowest BCUT2D eigenvalue weighted by Gasteiger charge is -2.06. The Hall–Kier alpha value is -3.21. The van der Waals surface area contributed by atoms with Crippen molar-refractivity contribution in [2.24, 2.45) is 0 Å². The Morgan fingerprint density at radius 3 is 2.50 bits per heavy atom. The molecule has 0 fully saturated rings. The van der Waals surface area contributed by atoms with Gasteiger partial charge in [0.15, 0.2) is 0 Å². The van der Waals surface area contributed by atoms with E-state index in [1.807, 2.05) is 42.5 Å². The van der Waals surface area contributed by atoms with Gasteiger partial charge in [0.2, 0.25) is 0 Å². The van der Waals surface area contributed by atoms with Crippen LogP contribution in [0.3, 0.4) is 0 Å². The lowest BCUT2D eigenvalue weighted by molar-refractivity contribution is -0.384. The summed E-state index contributed by atoms with van der Waals surface area (Å²) in [5, 5.41) is 12.9. The quantitative estimate of drug-likeness (QED) is 0.404. The number of nitro groups is 1. The van der Waals surface area contributed by atoms with Gasteiger partial charge < -0.3 is 4.74 Å². The first-order valence-corrected chi connectivity index (χ1v) is 7.48. The van der Waals surface area contributed by atoms with Crippen LogP contribution in [0.2, 0.25) is 0 Å². The van der Waals surface area contributed by atoms with Crippen molar-refractivity contribution in [2.75, 3.05) is 0 Å². The van der Waals surface area contributed by atoms with Crippen LogP contribution in [0, 0.1) is 10.1 Å². The van der Waals surface area contributed by atoms with E-state index in [-0.39, 0.29) is 24.7 Å². The van der Waals surface area contributed by atoms with Gasteiger partial charge in [0.05, 0.1) is 11.3 Å². The molecular formula is C19H15NO4. The lowest BCUT2D eigenvalue weighted by atomic mass is 10.1. The molecule has 0 aliphatic carbocycles. The molecule has 0 saturated carbocycles. The van der Waals surface area contributed by atoms with E-state index in [9.17, 15) is 14.9 Å². The van der Waals surface area contributed by atoms with Crippen LogP contribution in [-0.4, -0.2) is 10.9 Å². The normalized spacial score (nSPS) is 10.5. The molecule has 0 aromatic heterocycles. The summed E-state index contributed by atoms with van der Waals surface area (Å²) in [6.07, 6.45) is 0.166. The van der Waals surface area contributed by atoms with E-state index in [0.29, 0.717) is 5.56 Å². The number of fused-ring (bicyclic) bond motifs is 1. The van der Waals surface area contributed by atoms with Crippen molar-refractivity contribution in [1.29, 1.82) is 0 Å². The first-order valence-electron chi connectivity index (χ1n) is 7.48. The Labute approximate surface area is 138 Å². The van der Waals surface area contributed by atoms with Gasteiger partial charge >= 0.3 is 5.97 Å². The molecule has 0 amide bonds. The number of nitrogens with zero attached hydrogens (tertiary/aromatic N) is 1. The Morgan fingerprint density at radius 2 is 1.71 bits per heavy atom. The van der Waals surface area contributed by atoms with Crippen LogP contribution in [0.5, 0.6) is 0 Å². The number of ether oxygens (including phenoxy) is 1. The summed E-state index contributed by atoms with van der Waals surface area (Å²) in [6.45, 7) is 0.0219. The molecule has 24 heavy (non-hydrogen) atoms. The summed E-state index contributed by atoms with van der Waals surface area (Å²) in [6, 6.07) is 19.8. The van der Waals surface area contributed by atoms with Gasteiger partial charge in [-0.3, -0.25) is 14.9 Å². The van der Waals surface area contributed by atoms with Crippen molar-refractivity contribution < 1.29 is 14.5 Å². The smallest absolute Gasteiger partial charge is 0.310 e. The molecule has 0 N–H and O–H groups in total. The van der Waals surface area contributed by atoms with Gasteiger partial charge in [-0.15, -0.1) is 0 Å². The zero-order valence-electron chi connectivity index (χ0n) is 12.8. The van der Waals surface area contributed by atoms with Gasteiger partial charge in [-0.05, 0) is 21.9 Å². The van der Waals surface area contributed by atoms with Crippen molar-refractivity contribution >= 4 is 22.4 Å². The number of hydrogen-bond acceptors (Lipinski definition) is 4. The largest absolute Gasteiger partial charge is 0.461 e. The van der Waals surface area contributed by atoms with Crippen molar-refractivity contribution in [1.82, 2.24) is 0 Å². The summed E-state index contributed by atoms with van der Waals surface area (Å²) in [4.78, 5) is 22.3. The van der Waals surface area contributed by atoms with Crippen LogP contribution in [0.1, 0.15) is 11.1 Å². The topological polar surface area (TPSA) is 69.4 Å². The monoisotopic (exact) mass is 321 g/mol. The molecule has 120 valence electrons. The number of benzene rings is 3. The third kappa shape index (κ3) is 3.76. The number of hydrogen-bond donors (Lipinski definition) is 0. The van der Waals surface area contributed by atoms with Crippen LogP contribution in [0.25, 0.3) is 10.8 Å². The van der Waals surface area contributed by atoms with Crippen LogP contribution in [0.15, 0.2) is 66.7 Å². The van der Waals surface area contributed by atoms with Crippen LogP contribution in [-0.2, 0) is 22.6 Å². The molecule has 5 nitrogen and oxygen atoms in total. The molecular weight excluding hydrogens is 306 g/mol. The molecule has 0 atom stereocenters. The van der Waals surface area contributed by atoms with Gasteiger partial charge in [0.1, 0.15) is 6.61 Å². The first kappa shape index (κ1) is 15.7. The van der Waals surface area contributed by atoms with Crippen LogP contribution >= 0.6 is 0 Å². The van der Waals surface area contributed by atoms with Crippen LogP contribution < -0.4 is 0 Å². The number of carbonyl (C=O) groups excluding carboxylic acids is 1. The van der Waals surface area contributed by atoms with E-state index >= 15 is 0 Å². The SMILES string of the molecule is O=C(Cc1ccc2ccccc2c1)OCc1cccc([N+](=O)[O-])c1. The average molecular weight is 321 g/mol. The van der Waals surface area contributed by atoms with Gasteiger partial charge in [0, 0.05) is 12.1 Å². The van der Waals surface area contributed by atoms with E-state index in [1.165, 1.54) is 12.1 Å². The van der Waals surface area contributed by atoms with Crippen molar-refractivity contribution in [3.63, 3.8) is 0 Å². The first-order chi connectivity index (χ1) is 11.6. The molecule has 5 heteroatoms. The molecule has 0 bridgehead atoms. The minimum atomic E-state index is -0.472. The highest BCUT2D eigenvalue weighted by atomic mass is 16.6. The molecule has 3 aromatic carbocycles. The zero-order valence-corrected chi connectivity index (χ0v) is 12.8. The molecule has 0 saturated heterocycles. The van der Waals surface area contributed by atoms with Gasteiger partial charge in [0.25, 0.3) is 5.69 Å². The van der Waals surface area contributed by atoms with Gasteiger partial charge in [-0.2, -0.15) is 0 Å². The maximum atomic E-state index is 12.0. The Kier molecular flexibility index (Phi) is 4.52. The molecule has 0 spiro atoms. The van der Waals surface area contributed by atoms with Crippen LogP contribution in [0.4, 0.5) is 5.69 Å². The summed E-state index contributed by atoms with van der Waals surface area (Å²) in [5.41, 5.74) is 1.45. The molecule has 3 rings (SSSR count). The maximum Gasteiger partial charge on any atom is 0.310 e. The standard InChI is InChI=1S/C19H15NO4/c21-19(24-13-15-4-3-7-18(11-15)20(22)23)12-14-8-9-16-5-1-2-6-17(16)10-14/h1-11H,12-13H2. The summed E-state index contributed by atoms with van der Waals surface area (Å²) < 4.78 is 5.22. The highest BCUT2D eigenvalue weighted by Crippen LogP contribution is 2.17. The zero-order chi connectivity index (χ0) is 16.9. The number of esters is 1. The number of rotatable bonds is 5. The predicted molar refractivity (Wildman–Crippen MR) is 90.5 cm³/mol. The Balaban J connectivity index is 1.62. The molecule has 3 aromatic rings. The number of non-ortho nitro benzene ring substituents is 1. The van der Waals surface area contributed by atoms with E-state index in [1.54, 1.807) is 12.1 Å². The fourth-order valence-electron chi connectivity index (χ4n) is 2.49. The molecule has 0 heterocycles. The average Bonchev–Trinajstić information content (AvgIpc) is 2.60. The van der Waals surface area contributed by atoms with E-state index in [4.69, 9.17) is 4.74 Å². The summed E-state index contributed by atoms with van der Waals surface area (Å²) in [5.74, 6) is -0.364. The molecule has 0 aliphatic rings. The minimum Gasteiger partial charge on any atom is -0.461 e. The van der Waals surface area contributed by atoms with Gasteiger partial charge in [-0.1, -0.05) is 54.6 Å². The maximum absolute atomic E-state index is 12.0. The second kappa shape index (κ2) is 6.91. The Bertz CT molecular complexity index is 905. The fourth-order valence-corrected chi connectivity index (χ4v) is 2.49. The van der Waals surface area contributed by atoms with Crippen molar-refractivity contribution in [3.05, 3.63) is 88.0 Å². The van der Waals surface area contributed by atoms with Gasteiger partial charge in [-0.25, -0.2) is 0 Å². The van der Waals surface area contributed by atoms with Crippen molar-refractivity contribution in [2.45, 2.75) is 13.0 Å². The molecule has 0 unspecified atom stereocenters. The van der Waals surface area contributed by atoms with E-state index < -0.39 is 4.92 Å². The third-order valence-electron chi connectivity index (χ3n) is 3.68. The summed E-state index contributed by atoms with van der Waals surface area (Å²) in [7, 11) is 0. The third-order valence-corrected chi connectivity index (χ3v) is 3.68. The Morgan fingerprint density at radius 1 is 0.917 bits per heavy atom. The molecule has 0 radical (unpaired) electrons. The van der Waals surface area contributed by atoms with Crippen molar-refractivity contribution in [3.8, 4) is 0 Å². The highest BCUT2D eigenvalue weighted by Gasteiger charge is 2.09. The lowest BCUT2D eigenvalue weighted by Crippen LogP contribution is -2.08. The molecule has 0 aliphatic heterocycles. The number of carbonyl (C=O) groups is 1. The fraction of sp³-hybridized carbons (Fsp3) is 0.105.